The van der Waals surface area contributed by atoms with Crippen LogP contribution in [0.1, 0.15) is 59.8 Å². The number of hydrogen-bond donors (Lipinski definition) is 2. The zero-order chi connectivity index (χ0) is 12.9. The van der Waals surface area contributed by atoms with Crippen LogP contribution in [0.25, 0.3) is 0 Å². The van der Waals surface area contributed by atoms with Crippen LogP contribution in [-0.4, -0.2) is 11.9 Å². The Labute approximate surface area is 112 Å². The summed E-state index contributed by atoms with van der Waals surface area (Å²) in [4.78, 5) is 13.6. The molecule has 3 N–H and O–H groups in total. The number of rotatable bonds is 2. The molecule has 0 saturated heterocycles. The van der Waals surface area contributed by atoms with Gasteiger partial charge in [0.1, 0.15) is 0 Å². The molecule has 98 valence electrons. The molecule has 3 rings (SSSR count). The number of thiophene rings is 1. The van der Waals surface area contributed by atoms with Crippen molar-refractivity contribution in [3.8, 4) is 0 Å². The van der Waals surface area contributed by atoms with Crippen LogP contribution in [0.15, 0.2) is 0 Å². The Hall–Kier alpha value is -1.03. The van der Waals surface area contributed by atoms with Crippen LogP contribution in [-0.2, 0) is 6.42 Å². The molecule has 0 spiro atoms. The number of nitrogens with two attached hydrogens (primary N) is 1. The normalized spacial score (nSPS) is 26.8. The van der Waals surface area contributed by atoms with Crippen LogP contribution in [0.4, 0.5) is 5.00 Å². The first kappa shape index (κ1) is 12.0. The van der Waals surface area contributed by atoms with Crippen molar-refractivity contribution in [2.75, 3.05) is 5.73 Å². The summed E-state index contributed by atoms with van der Waals surface area (Å²) in [5.41, 5.74) is 8.09. The summed E-state index contributed by atoms with van der Waals surface area (Å²) >= 11 is 1.62. The van der Waals surface area contributed by atoms with E-state index in [2.05, 4.69) is 19.2 Å². The summed E-state index contributed by atoms with van der Waals surface area (Å²) in [6, 6.07) is 0.394. The Morgan fingerprint density at radius 3 is 2.78 bits per heavy atom. The minimum absolute atomic E-state index is 0.0498. The van der Waals surface area contributed by atoms with Gasteiger partial charge in [-0.2, -0.15) is 0 Å². The molecular weight excluding hydrogens is 244 g/mol. The smallest absolute Gasteiger partial charge is 0.254 e. The molecule has 4 heteroatoms. The lowest BCUT2D eigenvalue weighted by Gasteiger charge is -2.24. The van der Waals surface area contributed by atoms with Gasteiger partial charge in [0.05, 0.1) is 10.6 Å². The number of hydrogen-bond acceptors (Lipinski definition) is 3. The molecule has 18 heavy (non-hydrogen) atoms. The van der Waals surface area contributed by atoms with E-state index in [4.69, 9.17) is 5.73 Å². The van der Waals surface area contributed by atoms with Gasteiger partial charge in [-0.1, -0.05) is 13.8 Å². The maximum atomic E-state index is 12.3. The van der Waals surface area contributed by atoms with Crippen LogP contribution in [0, 0.1) is 5.92 Å². The Morgan fingerprint density at radius 1 is 1.39 bits per heavy atom. The summed E-state index contributed by atoms with van der Waals surface area (Å²) in [6.45, 7) is 4.50. The minimum Gasteiger partial charge on any atom is -0.390 e. The molecule has 1 heterocycles. The molecule has 0 bridgehead atoms. The van der Waals surface area contributed by atoms with Gasteiger partial charge in [-0.3, -0.25) is 4.79 Å². The van der Waals surface area contributed by atoms with Crippen molar-refractivity contribution in [1.82, 2.24) is 5.32 Å². The fourth-order valence-corrected chi connectivity index (χ4v) is 4.14. The highest BCUT2D eigenvalue weighted by atomic mass is 32.1. The van der Waals surface area contributed by atoms with E-state index in [0.29, 0.717) is 22.9 Å². The first-order chi connectivity index (χ1) is 8.56. The molecule has 0 aromatic carbocycles. The number of carbonyl (C=O) groups excluding carboxylic acids is 1. The summed E-state index contributed by atoms with van der Waals surface area (Å²) < 4.78 is 0. The molecule has 1 aromatic rings. The molecule has 2 aliphatic carbocycles. The van der Waals surface area contributed by atoms with E-state index in [1.54, 1.807) is 11.3 Å². The maximum Gasteiger partial charge on any atom is 0.254 e. The van der Waals surface area contributed by atoms with E-state index in [1.165, 1.54) is 16.9 Å². The molecule has 1 saturated carbocycles. The lowest BCUT2D eigenvalue weighted by atomic mass is 9.82. The van der Waals surface area contributed by atoms with E-state index in [0.717, 1.165) is 24.8 Å². The van der Waals surface area contributed by atoms with Crippen LogP contribution in [0.2, 0.25) is 0 Å². The van der Waals surface area contributed by atoms with Gasteiger partial charge in [0.15, 0.2) is 0 Å². The standard InChI is InChI=1S/C14H20N2OS/c1-7-5-8(2)12-10(6-7)11(13(15)18-12)14(17)16-9-3-4-9/h7-9H,3-6,15H2,1-2H3,(H,16,17). The summed E-state index contributed by atoms with van der Waals surface area (Å²) in [7, 11) is 0. The zero-order valence-corrected chi connectivity index (χ0v) is 11.8. The van der Waals surface area contributed by atoms with E-state index in [1.807, 2.05) is 0 Å². The third-order valence-corrected chi connectivity index (χ3v) is 5.25. The molecule has 1 aromatic heterocycles. The predicted octanol–water partition coefficient (Wildman–Crippen LogP) is 2.91. The molecule has 2 atom stereocenters. The van der Waals surface area contributed by atoms with E-state index >= 15 is 0 Å². The average Bonchev–Trinajstić information content (AvgIpc) is 3.01. The summed E-state index contributed by atoms with van der Waals surface area (Å²) in [5, 5.41) is 3.77. The van der Waals surface area contributed by atoms with Crippen molar-refractivity contribution in [2.45, 2.75) is 51.5 Å². The van der Waals surface area contributed by atoms with Crippen LogP contribution < -0.4 is 11.1 Å². The minimum atomic E-state index is 0.0498. The second-order valence-corrected chi connectivity index (χ2v) is 6.96. The van der Waals surface area contributed by atoms with Crippen molar-refractivity contribution in [1.29, 1.82) is 0 Å². The lowest BCUT2D eigenvalue weighted by Crippen LogP contribution is -2.27. The first-order valence-corrected chi connectivity index (χ1v) is 7.59. The molecule has 3 nitrogen and oxygen atoms in total. The van der Waals surface area contributed by atoms with Gasteiger partial charge in [-0.25, -0.2) is 0 Å². The SMILES string of the molecule is CC1Cc2c(sc(N)c2C(=O)NC2CC2)C(C)C1. The van der Waals surface area contributed by atoms with Crippen molar-refractivity contribution in [3.63, 3.8) is 0 Å². The fraction of sp³-hybridized carbons (Fsp3) is 0.643. The van der Waals surface area contributed by atoms with Crippen molar-refractivity contribution < 1.29 is 4.79 Å². The fourth-order valence-electron chi connectivity index (χ4n) is 2.98. The van der Waals surface area contributed by atoms with Crippen LogP contribution >= 0.6 is 11.3 Å². The average molecular weight is 264 g/mol. The Balaban J connectivity index is 1.96. The van der Waals surface area contributed by atoms with Gasteiger partial charge in [0.2, 0.25) is 0 Å². The summed E-state index contributed by atoms with van der Waals surface area (Å²) in [6.07, 6.45) is 4.44. The zero-order valence-electron chi connectivity index (χ0n) is 11.0. The van der Waals surface area contributed by atoms with Gasteiger partial charge >= 0.3 is 0 Å². The Bertz CT molecular complexity index is 490. The number of nitrogen functional groups attached to an aromatic ring is 1. The van der Waals surface area contributed by atoms with Gasteiger partial charge in [0.25, 0.3) is 5.91 Å². The maximum absolute atomic E-state index is 12.3. The van der Waals surface area contributed by atoms with Gasteiger partial charge in [0, 0.05) is 10.9 Å². The molecule has 1 amide bonds. The Morgan fingerprint density at radius 2 is 2.11 bits per heavy atom. The molecule has 0 radical (unpaired) electrons. The Kier molecular flexibility index (Phi) is 2.85. The molecule has 0 aliphatic heterocycles. The van der Waals surface area contributed by atoms with Crippen molar-refractivity contribution in [2.24, 2.45) is 5.92 Å². The molecule has 2 unspecified atom stereocenters. The van der Waals surface area contributed by atoms with Crippen LogP contribution in [0.5, 0.6) is 0 Å². The third kappa shape index (κ3) is 2.03. The molecule has 1 fully saturated rings. The monoisotopic (exact) mass is 264 g/mol. The number of nitrogens with one attached hydrogen (secondary N) is 1. The van der Waals surface area contributed by atoms with E-state index in [-0.39, 0.29) is 5.91 Å². The molecular formula is C14H20N2OS. The van der Waals surface area contributed by atoms with Gasteiger partial charge < -0.3 is 11.1 Å². The van der Waals surface area contributed by atoms with Crippen molar-refractivity contribution >= 4 is 22.2 Å². The topological polar surface area (TPSA) is 55.1 Å². The first-order valence-electron chi connectivity index (χ1n) is 6.78. The number of anilines is 1. The second-order valence-electron chi connectivity index (χ2n) is 5.88. The highest BCUT2D eigenvalue weighted by molar-refractivity contribution is 7.16. The molecule has 2 aliphatic rings. The number of carbonyl (C=O) groups is 1. The number of amides is 1. The van der Waals surface area contributed by atoms with E-state index < -0.39 is 0 Å². The predicted molar refractivity (Wildman–Crippen MR) is 75.1 cm³/mol. The van der Waals surface area contributed by atoms with Gasteiger partial charge in [-0.15, -0.1) is 11.3 Å². The third-order valence-electron chi connectivity index (χ3n) is 3.96. The quantitative estimate of drug-likeness (QED) is 0.863. The van der Waals surface area contributed by atoms with E-state index in [9.17, 15) is 4.79 Å². The van der Waals surface area contributed by atoms with Crippen LogP contribution in [0.3, 0.4) is 0 Å². The lowest BCUT2D eigenvalue weighted by molar-refractivity contribution is 0.0951. The number of fused-ring (bicyclic) bond motifs is 1. The van der Waals surface area contributed by atoms with Gasteiger partial charge in [-0.05, 0) is 43.1 Å². The highest BCUT2D eigenvalue weighted by Crippen LogP contribution is 2.43. The summed E-state index contributed by atoms with van der Waals surface area (Å²) in [5.74, 6) is 1.24. The second kappa shape index (κ2) is 4.26. The largest absolute Gasteiger partial charge is 0.390 e. The highest BCUT2D eigenvalue weighted by Gasteiger charge is 2.32. The van der Waals surface area contributed by atoms with Crippen molar-refractivity contribution in [3.05, 3.63) is 16.0 Å².